The summed E-state index contributed by atoms with van der Waals surface area (Å²) >= 11 is 0. The molecule has 1 rings (SSSR count). The van der Waals surface area contributed by atoms with Crippen LogP contribution >= 0.6 is 0 Å². The largest absolute Gasteiger partial charge is 0.379 e. The van der Waals surface area contributed by atoms with Gasteiger partial charge in [0.15, 0.2) is 0 Å². The van der Waals surface area contributed by atoms with Crippen LogP contribution in [-0.4, -0.2) is 49.3 Å². The summed E-state index contributed by atoms with van der Waals surface area (Å²) in [5, 5.41) is 3.65. The maximum absolute atomic E-state index is 5.46. The summed E-state index contributed by atoms with van der Waals surface area (Å²) in [6.07, 6.45) is 2.26. The fraction of sp³-hybridized carbons (Fsp3) is 0.867. The molecule has 1 unspecified atom stereocenters. The lowest BCUT2D eigenvalue weighted by Gasteiger charge is -2.46. The van der Waals surface area contributed by atoms with Gasteiger partial charge in [0.05, 0.1) is 13.2 Å². The maximum atomic E-state index is 5.46. The van der Waals surface area contributed by atoms with E-state index in [1.165, 1.54) is 5.57 Å². The maximum Gasteiger partial charge on any atom is 0.0594 e. The van der Waals surface area contributed by atoms with Crippen molar-refractivity contribution < 1.29 is 4.74 Å². The molecule has 18 heavy (non-hydrogen) atoms. The second-order valence-corrected chi connectivity index (χ2v) is 5.86. The van der Waals surface area contributed by atoms with Crippen LogP contribution < -0.4 is 5.32 Å². The second-order valence-electron chi connectivity index (χ2n) is 5.86. The van der Waals surface area contributed by atoms with Crippen LogP contribution in [0.4, 0.5) is 0 Å². The van der Waals surface area contributed by atoms with Gasteiger partial charge in [0.1, 0.15) is 0 Å². The molecule has 0 radical (unpaired) electrons. The molecule has 0 aromatic heterocycles. The highest BCUT2D eigenvalue weighted by atomic mass is 16.5. The Kier molecular flexibility index (Phi) is 6.33. The number of nitrogens with one attached hydrogen (secondary N) is 1. The third-order valence-electron chi connectivity index (χ3n) is 3.99. The molecule has 0 saturated carbocycles. The highest BCUT2D eigenvalue weighted by molar-refractivity contribution is 4.98. The minimum Gasteiger partial charge on any atom is -0.379 e. The molecule has 0 aromatic carbocycles. The van der Waals surface area contributed by atoms with Gasteiger partial charge in [-0.05, 0) is 40.2 Å². The quantitative estimate of drug-likeness (QED) is 0.706. The van der Waals surface area contributed by atoms with Crippen LogP contribution in [0.25, 0.3) is 0 Å². The molecule has 0 bridgehead atoms. The summed E-state index contributed by atoms with van der Waals surface area (Å²) in [4.78, 5) is 2.56. The van der Waals surface area contributed by atoms with Crippen molar-refractivity contribution in [1.82, 2.24) is 10.2 Å². The van der Waals surface area contributed by atoms with Gasteiger partial charge < -0.3 is 10.1 Å². The molecule has 1 aliphatic heterocycles. The normalized spacial score (nSPS) is 19.8. The van der Waals surface area contributed by atoms with Crippen LogP contribution in [-0.2, 0) is 4.74 Å². The molecule has 0 spiro atoms. The number of ether oxygens (including phenoxy) is 1. The van der Waals surface area contributed by atoms with E-state index in [0.717, 1.165) is 45.7 Å². The monoisotopic (exact) mass is 254 g/mol. The molecule has 3 nitrogen and oxygen atoms in total. The summed E-state index contributed by atoms with van der Waals surface area (Å²) in [5.74, 6) is 0. The zero-order valence-electron chi connectivity index (χ0n) is 12.6. The Morgan fingerprint density at radius 3 is 2.50 bits per heavy atom. The van der Waals surface area contributed by atoms with Crippen LogP contribution in [0.3, 0.4) is 0 Å². The molecule has 0 amide bonds. The van der Waals surface area contributed by atoms with E-state index in [1.807, 2.05) is 0 Å². The average Bonchev–Trinajstić information content (AvgIpc) is 2.35. The molecular formula is C15H30N2O. The van der Waals surface area contributed by atoms with Gasteiger partial charge in [-0.1, -0.05) is 12.5 Å². The molecular weight excluding hydrogens is 224 g/mol. The fourth-order valence-corrected chi connectivity index (χ4v) is 2.70. The predicted molar refractivity (Wildman–Crippen MR) is 78.0 cm³/mol. The van der Waals surface area contributed by atoms with Gasteiger partial charge in [0, 0.05) is 24.7 Å². The van der Waals surface area contributed by atoms with E-state index in [2.05, 4.69) is 44.5 Å². The highest BCUT2D eigenvalue weighted by Crippen LogP contribution is 2.24. The lowest BCUT2D eigenvalue weighted by molar-refractivity contribution is -0.0241. The Labute approximate surface area is 113 Å². The van der Waals surface area contributed by atoms with Gasteiger partial charge >= 0.3 is 0 Å². The van der Waals surface area contributed by atoms with Crippen LogP contribution in [0, 0.1) is 0 Å². The van der Waals surface area contributed by atoms with Crippen molar-refractivity contribution in [3.8, 4) is 0 Å². The van der Waals surface area contributed by atoms with Crippen molar-refractivity contribution >= 4 is 0 Å². The summed E-state index contributed by atoms with van der Waals surface area (Å²) in [6, 6.07) is 0.511. The molecule has 106 valence electrons. The summed E-state index contributed by atoms with van der Waals surface area (Å²) in [5.41, 5.74) is 1.45. The van der Waals surface area contributed by atoms with Gasteiger partial charge in [-0.15, -0.1) is 6.58 Å². The van der Waals surface area contributed by atoms with Gasteiger partial charge in [-0.25, -0.2) is 0 Å². The minimum absolute atomic E-state index is 0.176. The van der Waals surface area contributed by atoms with Gasteiger partial charge in [-0.2, -0.15) is 0 Å². The molecule has 1 aliphatic rings. The molecule has 1 N–H and O–H groups in total. The van der Waals surface area contributed by atoms with Crippen LogP contribution in [0.5, 0.6) is 0 Å². The van der Waals surface area contributed by atoms with E-state index in [9.17, 15) is 0 Å². The fourth-order valence-electron chi connectivity index (χ4n) is 2.70. The molecule has 1 heterocycles. The number of likely N-dealkylation sites (N-methyl/N-ethyl adjacent to an activating group) is 1. The molecule has 1 saturated heterocycles. The highest BCUT2D eigenvalue weighted by Gasteiger charge is 2.35. The van der Waals surface area contributed by atoms with Crippen molar-refractivity contribution in [2.45, 2.75) is 52.1 Å². The lowest BCUT2D eigenvalue weighted by atomic mass is 9.87. The van der Waals surface area contributed by atoms with Crippen LogP contribution in [0.1, 0.15) is 40.5 Å². The molecule has 3 heteroatoms. The number of allylic oxidation sites excluding steroid dienone is 1. The van der Waals surface area contributed by atoms with Gasteiger partial charge in [-0.3, -0.25) is 4.90 Å². The summed E-state index contributed by atoms with van der Waals surface area (Å²) in [7, 11) is 0. The predicted octanol–water partition coefficient (Wildman–Crippen LogP) is 2.43. The van der Waals surface area contributed by atoms with Gasteiger partial charge in [0.25, 0.3) is 0 Å². The SMILES string of the molecule is C=C(C)CCC(NCC)C(C)(C)N1CCOCC1. The molecule has 1 atom stereocenters. The van der Waals surface area contributed by atoms with E-state index in [4.69, 9.17) is 4.74 Å². The number of hydrogen-bond acceptors (Lipinski definition) is 3. The molecule has 0 aromatic rings. The van der Waals surface area contributed by atoms with Gasteiger partial charge in [0.2, 0.25) is 0 Å². The Morgan fingerprint density at radius 2 is 2.00 bits per heavy atom. The van der Waals surface area contributed by atoms with E-state index in [1.54, 1.807) is 0 Å². The third kappa shape index (κ3) is 4.38. The van der Waals surface area contributed by atoms with E-state index in [-0.39, 0.29) is 5.54 Å². The van der Waals surface area contributed by atoms with E-state index >= 15 is 0 Å². The Hall–Kier alpha value is -0.380. The summed E-state index contributed by atoms with van der Waals surface area (Å²) < 4.78 is 5.46. The molecule has 0 aliphatic carbocycles. The standard InChI is InChI=1S/C15H30N2O/c1-6-16-14(8-7-13(2)3)15(4,5)17-9-11-18-12-10-17/h14,16H,2,6-12H2,1,3-5H3. The first-order chi connectivity index (χ1) is 8.48. The number of morpholine rings is 1. The minimum atomic E-state index is 0.176. The second kappa shape index (κ2) is 7.27. The van der Waals surface area contributed by atoms with Crippen molar-refractivity contribution in [2.24, 2.45) is 0 Å². The van der Waals surface area contributed by atoms with Crippen LogP contribution in [0.15, 0.2) is 12.2 Å². The van der Waals surface area contributed by atoms with E-state index in [0.29, 0.717) is 6.04 Å². The first-order valence-corrected chi connectivity index (χ1v) is 7.19. The van der Waals surface area contributed by atoms with Crippen molar-refractivity contribution in [3.05, 3.63) is 12.2 Å². The number of nitrogens with zero attached hydrogens (tertiary/aromatic N) is 1. The topological polar surface area (TPSA) is 24.5 Å². The van der Waals surface area contributed by atoms with Crippen molar-refractivity contribution in [2.75, 3.05) is 32.8 Å². The summed E-state index contributed by atoms with van der Waals surface area (Å²) in [6.45, 7) is 17.9. The smallest absolute Gasteiger partial charge is 0.0594 e. The zero-order chi connectivity index (χ0) is 13.6. The van der Waals surface area contributed by atoms with Crippen molar-refractivity contribution in [3.63, 3.8) is 0 Å². The Morgan fingerprint density at radius 1 is 1.39 bits per heavy atom. The zero-order valence-corrected chi connectivity index (χ0v) is 12.6. The number of hydrogen-bond donors (Lipinski definition) is 1. The third-order valence-corrected chi connectivity index (χ3v) is 3.99. The Bertz CT molecular complexity index is 257. The number of rotatable bonds is 7. The van der Waals surface area contributed by atoms with Crippen molar-refractivity contribution in [1.29, 1.82) is 0 Å². The lowest BCUT2D eigenvalue weighted by Crippen LogP contribution is -2.60. The Balaban J connectivity index is 2.64. The molecule has 1 fully saturated rings. The first kappa shape index (κ1) is 15.7. The average molecular weight is 254 g/mol. The first-order valence-electron chi connectivity index (χ1n) is 7.19. The van der Waals surface area contributed by atoms with E-state index < -0.39 is 0 Å². The van der Waals surface area contributed by atoms with Crippen LogP contribution in [0.2, 0.25) is 0 Å².